The number of rotatable bonds is 4. The number of fused-ring (bicyclic) bond motifs is 1. The van der Waals surface area contributed by atoms with Crippen LogP contribution in [0.4, 0.5) is 18.9 Å². The van der Waals surface area contributed by atoms with Crippen LogP contribution < -0.4 is 14.8 Å². The van der Waals surface area contributed by atoms with Crippen molar-refractivity contribution in [1.29, 1.82) is 0 Å². The van der Waals surface area contributed by atoms with Crippen molar-refractivity contribution in [3.63, 3.8) is 0 Å². The first kappa shape index (κ1) is 13.2. The van der Waals surface area contributed by atoms with Crippen molar-refractivity contribution in [3.8, 4) is 11.5 Å². The maximum absolute atomic E-state index is 11.9. The van der Waals surface area contributed by atoms with Crippen LogP contribution in [-0.2, 0) is 0 Å². The van der Waals surface area contributed by atoms with Gasteiger partial charge in [0.15, 0.2) is 11.5 Å². The number of hydrogen-bond donors (Lipinski definition) is 1. The molecule has 0 saturated carbocycles. The molecule has 2 rings (SSSR count). The van der Waals surface area contributed by atoms with E-state index in [9.17, 15) is 13.2 Å². The first-order valence-corrected chi connectivity index (χ1v) is 6.37. The van der Waals surface area contributed by atoms with Gasteiger partial charge in [0.25, 0.3) is 0 Å². The molecule has 0 radical (unpaired) electrons. The van der Waals surface area contributed by atoms with Crippen LogP contribution in [0.2, 0.25) is 0 Å². The molecule has 0 bridgehead atoms. The van der Waals surface area contributed by atoms with Gasteiger partial charge in [-0.05, 0) is 23.9 Å². The lowest BCUT2D eigenvalue weighted by Gasteiger charge is -2.19. The topological polar surface area (TPSA) is 30.5 Å². The van der Waals surface area contributed by atoms with Gasteiger partial charge in [0.05, 0.1) is 0 Å². The predicted octanol–water partition coefficient (Wildman–Crippen LogP) is 3.12. The number of benzene rings is 1. The molecule has 0 saturated heterocycles. The van der Waals surface area contributed by atoms with Gasteiger partial charge in [-0.3, -0.25) is 0 Å². The van der Waals surface area contributed by atoms with E-state index in [4.69, 9.17) is 9.47 Å². The number of nitrogens with one attached hydrogen (secondary N) is 1. The lowest BCUT2D eigenvalue weighted by Crippen LogP contribution is -2.15. The molecule has 1 N–H and O–H groups in total. The Morgan fingerprint density at radius 2 is 1.89 bits per heavy atom. The number of alkyl halides is 3. The minimum atomic E-state index is -4.17. The van der Waals surface area contributed by atoms with Crippen molar-refractivity contribution >= 4 is 17.4 Å². The fraction of sp³-hybridized carbons (Fsp3) is 0.455. The van der Waals surface area contributed by atoms with Crippen LogP contribution in [0.1, 0.15) is 0 Å². The second-order valence-corrected chi connectivity index (χ2v) is 4.74. The van der Waals surface area contributed by atoms with E-state index in [0.717, 1.165) is 5.69 Å². The van der Waals surface area contributed by atoms with Gasteiger partial charge in [0, 0.05) is 24.1 Å². The van der Waals surface area contributed by atoms with Gasteiger partial charge in [-0.15, -0.1) is 0 Å². The van der Waals surface area contributed by atoms with E-state index in [1.165, 1.54) is 0 Å². The average Bonchev–Trinajstić information content (AvgIpc) is 2.33. The molecule has 0 aromatic heterocycles. The molecular formula is C11H12F3NO2S. The number of ether oxygens (including phenoxy) is 2. The van der Waals surface area contributed by atoms with Crippen LogP contribution in [-0.4, -0.2) is 31.0 Å². The van der Waals surface area contributed by atoms with Crippen molar-refractivity contribution in [3.05, 3.63) is 18.2 Å². The summed E-state index contributed by atoms with van der Waals surface area (Å²) in [5.41, 5.74) is -3.45. The Balaban J connectivity index is 1.83. The fourth-order valence-corrected chi connectivity index (χ4v) is 1.95. The Kier molecular flexibility index (Phi) is 4.11. The third-order valence-electron chi connectivity index (χ3n) is 2.24. The van der Waals surface area contributed by atoms with Crippen LogP contribution in [0.15, 0.2) is 18.2 Å². The largest absolute Gasteiger partial charge is 0.486 e. The highest BCUT2D eigenvalue weighted by Gasteiger charge is 2.27. The molecule has 3 nitrogen and oxygen atoms in total. The third-order valence-corrected chi connectivity index (χ3v) is 2.97. The second kappa shape index (κ2) is 5.60. The summed E-state index contributed by atoms with van der Waals surface area (Å²) in [5.74, 6) is 1.25. The second-order valence-electron chi connectivity index (χ2n) is 3.58. The first-order chi connectivity index (χ1) is 8.54. The van der Waals surface area contributed by atoms with Crippen molar-refractivity contribution < 1.29 is 22.6 Å². The van der Waals surface area contributed by atoms with E-state index in [0.29, 0.717) is 24.7 Å². The smallest absolute Gasteiger partial charge is 0.441 e. The summed E-state index contributed by atoms with van der Waals surface area (Å²) in [7, 11) is 0. The van der Waals surface area contributed by atoms with E-state index in [1.807, 2.05) is 0 Å². The maximum Gasteiger partial charge on any atom is 0.441 e. The van der Waals surface area contributed by atoms with Gasteiger partial charge in [-0.2, -0.15) is 13.2 Å². The SMILES string of the molecule is FC(F)(F)SCCNc1ccc2c(c1)OCCO2. The molecule has 0 unspecified atom stereocenters. The molecule has 1 aliphatic rings. The monoisotopic (exact) mass is 279 g/mol. The summed E-state index contributed by atoms with van der Waals surface area (Å²) >= 11 is -0.0368. The van der Waals surface area contributed by atoms with Crippen LogP contribution in [0.5, 0.6) is 11.5 Å². The Labute approximate surface area is 107 Å². The van der Waals surface area contributed by atoms with Crippen LogP contribution in [0, 0.1) is 0 Å². The minimum absolute atomic E-state index is 0.0298. The Bertz CT molecular complexity index is 412. The summed E-state index contributed by atoms with van der Waals surface area (Å²) < 4.78 is 46.4. The molecule has 0 amide bonds. The molecule has 0 fully saturated rings. The molecule has 1 heterocycles. The number of halogens is 3. The standard InChI is InChI=1S/C11H12F3NO2S/c12-11(13,14)18-6-3-15-8-1-2-9-10(7-8)17-5-4-16-9/h1-2,7,15H,3-6H2. The van der Waals surface area contributed by atoms with Gasteiger partial charge >= 0.3 is 5.51 Å². The molecule has 1 aliphatic heterocycles. The molecule has 1 aromatic carbocycles. The number of thioether (sulfide) groups is 1. The summed E-state index contributed by atoms with van der Waals surface area (Å²) in [5, 5.41) is 2.91. The highest BCUT2D eigenvalue weighted by atomic mass is 32.2. The van der Waals surface area contributed by atoms with E-state index in [1.54, 1.807) is 18.2 Å². The lowest BCUT2D eigenvalue weighted by atomic mass is 10.2. The molecule has 100 valence electrons. The average molecular weight is 279 g/mol. The van der Waals surface area contributed by atoms with E-state index in [-0.39, 0.29) is 24.1 Å². The fourth-order valence-electron chi connectivity index (χ4n) is 1.52. The summed E-state index contributed by atoms with van der Waals surface area (Å²) in [6, 6.07) is 5.23. The van der Waals surface area contributed by atoms with Gasteiger partial charge < -0.3 is 14.8 Å². The summed E-state index contributed by atoms with van der Waals surface area (Å²) in [6.07, 6.45) is 0. The van der Waals surface area contributed by atoms with Crippen molar-refractivity contribution in [2.75, 3.05) is 30.8 Å². The van der Waals surface area contributed by atoms with E-state index >= 15 is 0 Å². The molecule has 7 heteroatoms. The zero-order valence-corrected chi connectivity index (χ0v) is 10.2. The van der Waals surface area contributed by atoms with Gasteiger partial charge in [-0.1, -0.05) is 0 Å². The van der Waals surface area contributed by atoms with Crippen LogP contribution in [0.3, 0.4) is 0 Å². The maximum atomic E-state index is 11.9. The Hall–Kier alpha value is -1.24. The highest BCUT2D eigenvalue weighted by molar-refractivity contribution is 8.00. The number of anilines is 1. The van der Waals surface area contributed by atoms with Gasteiger partial charge in [0.1, 0.15) is 13.2 Å². The number of hydrogen-bond acceptors (Lipinski definition) is 4. The molecule has 0 aliphatic carbocycles. The molecule has 0 atom stereocenters. The van der Waals surface area contributed by atoms with Crippen LogP contribution >= 0.6 is 11.8 Å². The predicted molar refractivity (Wildman–Crippen MR) is 64.4 cm³/mol. The van der Waals surface area contributed by atoms with E-state index < -0.39 is 5.51 Å². The molecule has 18 heavy (non-hydrogen) atoms. The zero-order valence-electron chi connectivity index (χ0n) is 9.42. The van der Waals surface area contributed by atoms with Crippen molar-refractivity contribution in [1.82, 2.24) is 0 Å². The van der Waals surface area contributed by atoms with E-state index in [2.05, 4.69) is 5.32 Å². The zero-order chi connectivity index (χ0) is 13.0. The van der Waals surface area contributed by atoms with Crippen LogP contribution in [0.25, 0.3) is 0 Å². The third kappa shape index (κ3) is 3.90. The van der Waals surface area contributed by atoms with Crippen molar-refractivity contribution in [2.45, 2.75) is 5.51 Å². The van der Waals surface area contributed by atoms with Gasteiger partial charge in [-0.25, -0.2) is 0 Å². The highest BCUT2D eigenvalue weighted by Crippen LogP contribution is 2.33. The first-order valence-electron chi connectivity index (χ1n) is 5.39. The Morgan fingerprint density at radius 3 is 2.61 bits per heavy atom. The quantitative estimate of drug-likeness (QED) is 0.858. The Morgan fingerprint density at radius 1 is 1.17 bits per heavy atom. The summed E-state index contributed by atoms with van der Waals surface area (Å²) in [4.78, 5) is 0. The molecular weight excluding hydrogens is 267 g/mol. The normalized spacial score (nSPS) is 14.4. The lowest BCUT2D eigenvalue weighted by molar-refractivity contribution is -0.0327. The van der Waals surface area contributed by atoms with Crippen molar-refractivity contribution in [2.24, 2.45) is 0 Å². The summed E-state index contributed by atoms with van der Waals surface area (Å²) in [6.45, 7) is 1.24. The molecule has 1 aromatic rings. The molecule has 0 spiro atoms. The van der Waals surface area contributed by atoms with Gasteiger partial charge in [0.2, 0.25) is 0 Å². The minimum Gasteiger partial charge on any atom is -0.486 e.